The minimum Gasteiger partial charge on any atom is -0.399 e. The normalized spacial score (nSPS) is 11.3. The number of nitrogen functional groups attached to an aromatic ring is 1. The summed E-state index contributed by atoms with van der Waals surface area (Å²) < 4.78 is 0. The van der Waals surface area contributed by atoms with Crippen molar-refractivity contribution in [1.82, 2.24) is 16.2 Å². The molecule has 1 rings (SSSR count). The largest absolute Gasteiger partial charge is 0.399 e. The van der Waals surface area contributed by atoms with Crippen LogP contribution in [0.1, 0.15) is 16.8 Å². The smallest absolute Gasteiger partial charge is 0.336 e. The molecule has 0 saturated heterocycles. The zero-order chi connectivity index (χ0) is 16.7. The van der Waals surface area contributed by atoms with Crippen LogP contribution in [-0.2, 0) is 9.59 Å². The fraction of sp³-hybridized carbons (Fsp3) is 0.167. The van der Waals surface area contributed by atoms with Gasteiger partial charge in [-0.3, -0.25) is 25.1 Å². The second-order valence-electron chi connectivity index (χ2n) is 4.30. The Morgan fingerprint density at radius 2 is 1.82 bits per heavy atom. The van der Waals surface area contributed by atoms with Gasteiger partial charge in [0, 0.05) is 11.3 Å². The molecule has 9 N–H and O–H groups in total. The Balaban J connectivity index is 2.53. The highest BCUT2D eigenvalue weighted by Gasteiger charge is 2.19. The Morgan fingerprint density at radius 3 is 2.36 bits per heavy atom. The molecular formula is C12H16N6O4. The van der Waals surface area contributed by atoms with Crippen LogP contribution in [0.3, 0.4) is 0 Å². The lowest BCUT2D eigenvalue weighted by atomic mass is 10.2. The van der Waals surface area contributed by atoms with Gasteiger partial charge in [-0.25, -0.2) is 10.2 Å². The number of carbonyl (C=O) groups is 4. The monoisotopic (exact) mass is 308 g/mol. The number of imide groups is 1. The lowest BCUT2D eigenvalue weighted by Gasteiger charge is -2.14. The Labute approximate surface area is 125 Å². The summed E-state index contributed by atoms with van der Waals surface area (Å²) in [7, 11) is 0. The first-order valence-corrected chi connectivity index (χ1v) is 6.09. The van der Waals surface area contributed by atoms with Crippen LogP contribution in [0.4, 0.5) is 10.5 Å². The van der Waals surface area contributed by atoms with Crippen LogP contribution >= 0.6 is 0 Å². The number of primary amides is 2. The van der Waals surface area contributed by atoms with Crippen LogP contribution in [0.5, 0.6) is 0 Å². The van der Waals surface area contributed by atoms with Crippen molar-refractivity contribution in [2.75, 3.05) is 5.73 Å². The molecule has 1 aromatic carbocycles. The number of anilines is 1. The summed E-state index contributed by atoms with van der Waals surface area (Å²) in [4.78, 5) is 45.0. The molecule has 10 heteroatoms. The average Bonchev–Trinajstić information content (AvgIpc) is 2.42. The van der Waals surface area contributed by atoms with E-state index in [2.05, 4.69) is 5.43 Å². The molecule has 0 aliphatic carbocycles. The lowest BCUT2D eigenvalue weighted by molar-refractivity contribution is -0.125. The summed E-state index contributed by atoms with van der Waals surface area (Å²) in [5.41, 5.74) is 20.2. The van der Waals surface area contributed by atoms with Crippen molar-refractivity contribution in [1.29, 1.82) is 0 Å². The third-order valence-electron chi connectivity index (χ3n) is 2.48. The molecule has 0 unspecified atom stereocenters. The number of hydrazine groups is 1. The molecule has 0 spiro atoms. The number of urea groups is 1. The molecule has 0 aromatic heterocycles. The van der Waals surface area contributed by atoms with Crippen LogP contribution in [-0.4, -0.2) is 29.8 Å². The molecule has 0 aliphatic heterocycles. The summed E-state index contributed by atoms with van der Waals surface area (Å²) in [6.45, 7) is 0. The third kappa shape index (κ3) is 5.46. The maximum absolute atomic E-state index is 11.7. The summed E-state index contributed by atoms with van der Waals surface area (Å²) in [6.07, 6.45) is -0.404. The van der Waals surface area contributed by atoms with E-state index in [1.165, 1.54) is 12.1 Å². The van der Waals surface area contributed by atoms with Gasteiger partial charge in [0.05, 0.1) is 6.42 Å². The Morgan fingerprint density at radius 1 is 1.14 bits per heavy atom. The fourth-order valence-corrected chi connectivity index (χ4v) is 1.46. The molecular weight excluding hydrogens is 292 g/mol. The first-order valence-electron chi connectivity index (χ1n) is 6.09. The van der Waals surface area contributed by atoms with Gasteiger partial charge in [0.2, 0.25) is 11.8 Å². The Hall–Kier alpha value is -3.14. The molecule has 10 nitrogen and oxygen atoms in total. The SMILES string of the molecule is NC(=O)C[C@H](NNC(=O)NC(=O)c1cccc(N)c1)C(N)=O. The lowest BCUT2D eigenvalue weighted by Crippen LogP contribution is -2.55. The van der Waals surface area contributed by atoms with Gasteiger partial charge in [-0.2, -0.15) is 0 Å². The molecule has 22 heavy (non-hydrogen) atoms. The fourth-order valence-electron chi connectivity index (χ4n) is 1.46. The molecule has 0 bridgehead atoms. The predicted octanol–water partition coefficient (Wildman–Crippen LogP) is -2.06. The minimum atomic E-state index is -1.19. The van der Waals surface area contributed by atoms with Gasteiger partial charge < -0.3 is 17.2 Å². The number of hydrogen-bond acceptors (Lipinski definition) is 6. The molecule has 0 fully saturated rings. The second kappa shape index (κ2) is 7.59. The van der Waals surface area contributed by atoms with E-state index in [4.69, 9.17) is 17.2 Å². The van der Waals surface area contributed by atoms with Crippen molar-refractivity contribution in [2.45, 2.75) is 12.5 Å². The number of carbonyl (C=O) groups excluding carboxylic acids is 4. The molecule has 0 saturated carbocycles. The second-order valence-corrected chi connectivity index (χ2v) is 4.30. The summed E-state index contributed by atoms with van der Waals surface area (Å²) in [5.74, 6) is -2.37. The van der Waals surface area contributed by atoms with Gasteiger partial charge in [0.1, 0.15) is 6.04 Å². The van der Waals surface area contributed by atoms with E-state index in [1.54, 1.807) is 12.1 Å². The quantitative estimate of drug-likeness (QED) is 0.259. The van der Waals surface area contributed by atoms with E-state index in [-0.39, 0.29) is 5.56 Å². The standard InChI is InChI=1S/C12H16N6O4/c13-7-3-1-2-6(4-7)11(21)16-12(22)18-17-8(10(15)20)5-9(14)19/h1-4,8,17H,5,13H2,(H2,14,19)(H2,15,20)(H2,16,18,21,22)/t8-/m0/s1. The number of rotatable bonds is 6. The van der Waals surface area contributed by atoms with Gasteiger partial charge in [-0.15, -0.1) is 0 Å². The van der Waals surface area contributed by atoms with E-state index < -0.39 is 36.2 Å². The average molecular weight is 308 g/mol. The van der Waals surface area contributed by atoms with Gasteiger partial charge in [0.25, 0.3) is 5.91 Å². The number of hydrogen-bond donors (Lipinski definition) is 6. The first kappa shape index (κ1) is 16.9. The predicted molar refractivity (Wildman–Crippen MR) is 76.8 cm³/mol. The Bertz CT molecular complexity index is 603. The van der Waals surface area contributed by atoms with E-state index in [9.17, 15) is 19.2 Å². The highest BCUT2D eigenvalue weighted by Crippen LogP contribution is 2.05. The van der Waals surface area contributed by atoms with E-state index in [1.807, 2.05) is 10.7 Å². The number of benzene rings is 1. The van der Waals surface area contributed by atoms with Crippen molar-refractivity contribution in [3.8, 4) is 0 Å². The van der Waals surface area contributed by atoms with Gasteiger partial charge in [0.15, 0.2) is 0 Å². The highest BCUT2D eigenvalue weighted by molar-refractivity contribution is 6.04. The summed E-state index contributed by atoms with van der Waals surface area (Å²) in [6, 6.07) is 3.85. The van der Waals surface area contributed by atoms with Crippen LogP contribution in [0.2, 0.25) is 0 Å². The summed E-state index contributed by atoms with van der Waals surface area (Å²) >= 11 is 0. The number of nitrogens with two attached hydrogens (primary N) is 3. The van der Waals surface area contributed by atoms with Crippen molar-refractivity contribution in [2.24, 2.45) is 11.5 Å². The topological polar surface area (TPSA) is 182 Å². The third-order valence-corrected chi connectivity index (χ3v) is 2.48. The number of amides is 5. The maximum Gasteiger partial charge on any atom is 0.336 e. The summed E-state index contributed by atoms with van der Waals surface area (Å²) in [5, 5.41) is 2.00. The van der Waals surface area contributed by atoms with Gasteiger partial charge in [-0.1, -0.05) is 6.07 Å². The van der Waals surface area contributed by atoms with Crippen LogP contribution < -0.4 is 33.4 Å². The molecule has 0 radical (unpaired) electrons. The van der Waals surface area contributed by atoms with Gasteiger partial charge >= 0.3 is 6.03 Å². The Kier molecular flexibility index (Phi) is 5.84. The number of nitrogens with one attached hydrogen (secondary N) is 3. The van der Waals surface area contributed by atoms with Crippen molar-refractivity contribution in [3.63, 3.8) is 0 Å². The molecule has 0 heterocycles. The van der Waals surface area contributed by atoms with Crippen molar-refractivity contribution < 1.29 is 19.2 Å². The van der Waals surface area contributed by atoms with E-state index >= 15 is 0 Å². The molecule has 0 aliphatic rings. The minimum absolute atomic E-state index is 0.179. The highest BCUT2D eigenvalue weighted by atomic mass is 16.2. The van der Waals surface area contributed by atoms with Gasteiger partial charge in [-0.05, 0) is 18.2 Å². The first-order chi connectivity index (χ1) is 10.3. The zero-order valence-corrected chi connectivity index (χ0v) is 11.5. The van der Waals surface area contributed by atoms with Crippen LogP contribution in [0.25, 0.3) is 0 Å². The molecule has 118 valence electrons. The molecule has 5 amide bonds. The van der Waals surface area contributed by atoms with Crippen molar-refractivity contribution in [3.05, 3.63) is 29.8 Å². The van der Waals surface area contributed by atoms with E-state index in [0.29, 0.717) is 5.69 Å². The van der Waals surface area contributed by atoms with E-state index in [0.717, 1.165) is 0 Å². The molecule has 1 atom stereocenters. The van der Waals surface area contributed by atoms with Crippen molar-refractivity contribution >= 4 is 29.4 Å². The van der Waals surface area contributed by atoms with Crippen LogP contribution in [0.15, 0.2) is 24.3 Å². The maximum atomic E-state index is 11.7. The molecule has 1 aromatic rings. The van der Waals surface area contributed by atoms with Crippen LogP contribution in [0, 0.1) is 0 Å². The zero-order valence-electron chi connectivity index (χ0n) is 11.5.